The van der Waals surface area contributed by atoms with Gasteiger partial charge in [0.25, 0.3) is 11.8 Å². The fraction of sp³-hybridized carbons (Fsp3) is 0.409. The van der Waals surface area contributed by atoms with Crippen molar-refractivity contribution in [1.29, 1.82) is 0 Å². The molecule has 3 atom stereocenters. The molecule has 4 rings (SSSR count). The molecule has 1 aliphatic heterocycles. The molecule has 0 aliphatic carbocycles. The summed E-state index contributed by atoms with van der Waals surface area (Å²) >= 11 is 3.80. The quantitative estimate of drug-likeness (QED) is 0.383. The number of piperidine rings is 1. The summed E-state index contributed by atoms with van der Waals surface area (Å²) in [5, 5.41) is 13.8. The minimum atomic E-state index is -0.935. The Morgan fingerprint density at radius 3 is 2.67 bits per heavy atom. The highest BCUT2D eigenvalue weighted by molar-refractivity contribution is 7.10. The van der Waals surface area contributed by atoms with Crippen molar-refractivity contribution in [1.82, 2.24) is 30.1 Å². The van der Waals surface area contributed by atoms with Crippen LogP contribution in [0.5, 0.6) is 0 Å². The van der Waals surface area contributed by atoms with Crippen molar-refractivity contribution >= 4 is 57.8 Å². The van der Waals surface area contributed by atoms with Gasteiger partial charge in [-0.05, 0) is 49.7 Å². The maximum Gasteiger partial charge on any atom is 0.274 e. The van der Waals surface area contributed by atoms with Crippen molar-refractivity contribution in [3.63, 3.8) is 0 Å². The molecule has 3 aromatic rings. The van der Waals surface area contributed by atoms with E-state index in [-0.39, 0.29) is 42.9 Å². The van der Waals surface area contributed by atoms with Gasteiger partial charge < -0.3 is 21.3 Å². The first-order valence-corrected chi connectivity index (χ1v) is 13.7. The van der Waals surface area contributed by atoms with Gasteiger partial charge in [-0.2, -0.15) is 0 Å². The average Bonchev–Trinajstić information content (AvgIpc) is 3.60. The number of thiazole rings is 1. The number of rotatable bonds is 8. The van der Waals surface area contributed by atoms with Crippen LogP contribution in [-0.2, 0) is 16.0 Å². The number of aryl methyl sites for hydroxylation is 2. The normalized spacial score (nSPS) is 18.4. The number of nitrogens with one attached hydrogen (secondary N) is 2. The van der Waals surface area contributed by atoms with Gasteiger partial charge in [0.15, 0.2) is 0 Å². The Labute approximate surface area is 219 Å². The molecule has 0 aromatic carbocycles. The highest BCUT2D eigenvalue weighted by Gasteiger charge is 2.39. The highest BCUT2D eigenvalue weighted by atomic mass is 32.1. The third-order valence-electron chi connectivity index (χ3n) is 5.84. The van der Waals surface area contributed by atoms with Crippen molar-refractivity contribution < 1.29 is 19.2 Å². The zero-order valence-corrected chi connectivity index (χ0v) is 22.0. The first kappa shape index (κ1) is 25.9. The lowest BCUT2D eigenvalue weighted by atomic mass is 9.95. The predicted octanol–water partition coefficient (Wildman–Crippen LogP) is 1.29. The van der Waals surface area contributed by atoms with Crippen LogP contribution in [0.3, 0.4) is 0 Å². The Balaban J connectivity index is 1.53. The highest BCUT2D eigenvalue weighted by Crippen LogP contribution is 2.23. The Morgan fingerprint density at radius 1 is 1.25 bits per heavy atom. The summed E-state index contributed by atoms with van der Waals surface area (Å²) in [6, 6.07) is 1.47. The van der Waals surface area contributed by atoms with Gasteiger partial charge >= 0.3 is 0 Å². The molecule has 1 saturated heterocycles. The van der Waals surface area contributed by atoms with E-state index in [2.05, 4.69) is 25.2 Å². The number of amides is 4. The van der Waals surface area contributed by atoms with Gasteiger partial charge in [-0.25, -0.2) is 4.98 Å². The third-order valence-corrected chi connectivity index (χ3v) is 8.34. The van der Waals surface area contributed by atoms with Crippen LogP contribution in [0.25, 0.3) is 0 Å². The van der Waals surface area contributed by atoms with Gasteiger partial charge in [0.1, 0.15) is 22.7 Å². The SMILES string of the molecule is Cc1nc(C(=O)N2CCC(NC(=O)c3snnc3C)CC2C(=O)NC(Cc2cccs2)C(N)=O)cs1. The van der Waals surface area contributed by atoms with E-state index in [0.29, 0.717) is 17.0 Å². The topological polar surface area (TPSA) is 160 Å². The van der Waals surface area contributed by atoms with Gasteiger partial charge in [-0.1, -0.05) is 10.6 Å². The summed E-state index contributed by atoms with van der Waals surface area (Å²) in [6.45, 7) is 3.72. The molecule has 1 aliphatic rings. The summed E-state index contributed by atoms with van der Waals surface area (Å²) in [7, 11) is 0. The van der Waals surface area contributed by atoms with E-state index in [1.165, 1.54) is 27.6 Å². The molecule has 14 heteroatoms. The number of carbonyl (C=O) groups is 4. The van der Waals surface area contributed by atoms with Crippen molar-refractivity contribution in [2.24, 2.45) is 5.73 Å². The molecule has 0 spiro atoms. The zero-order chi connectivity index (χ0) is 25.8. The van der Waals surface area contributed by atoms with Gasteiger partial charge in [0.05, 0.1) is 10.7 Å². The molecule has 0 bridgehead atoms. The van der Waals surface area contributed by atoms with E-state index >= 15 is 0 Å². The second-order valence-corrected chi connectivity index (χ2v) is 11.2. The van der Waals surface area contributed by atoms with E-state index < -0.39 is 23.9 Å². The number of thiophene rings is 1. The van der Waals surface area contributed by atoms with Crippen LogP contribution in [0.1, 0.15) is 48.6 Å². The lowest BCUT2D eigenvalue weighted by molar-refractivity contribution is -0.131. The van der Waals surface area contributed by atoms with Crippen LogP contribution in [0.4, 0.5) is 0 Å². The summed E-state index contributed by atoms with van der Waals surface area (Å²) in [4.78, 5) is 58.6. The lowest BCUT2D eigenvalue weighted by Gasteiger charge is -2.39. The van der Waals surface area contributed by atoms with Crippen LogP contribution in [0.2, 0.25) is 0 Å². The van der Waals surface area contributed by atoms with Crippen molar-refractivity contribution in [3.05, 3.63) is 49.0 Å². The molecule has 36 heavy (non-hydrogen) atoms. The standard InChI is InChI=1S/C22H25N7O4S3/c1-11-18(36-28-27-11)21(32)25-13-5-6-29(22(33)16-10-35-12(2)24-16)17(8-13)20(31)26-15(19(23)30)9-14-4-3-7-34-14/h3-4,7,10,13,15,17H,5-6,8-9H2,1-2H3,(H2,23,30)(H,25,32)(H,26,31). The molecule has 1 fully saturated rings. The average molecular weight is 548 g/mol. The molecule has 190 valence electrons. The number of likely N-dealkylation sites (tertiary alicyclic amines) is 1. The maximum absolute atomic E-state index is 13.4. The first-order valence-electron chi connectivity index (χ1n) is 11.2. The number of hydrogen-bond acceptors (Lipinski definition) is 10. The predicted molar refractivity (Wildman–Crippen MR) is 136 cm³/mol. The Kier molecular flexibility index (Phi) is 8.06. The Hall–Kier alpha value is -3.23. The summed E-state index contributed by atoms with van der Waals surface area (Å²) in [5.74, 6) is -1.88. The molecule has 11 nitrogen and oxygen atoms in total. The van der Waals surface area contributed by atoms with Crippen LogP contribution in [-0.4, -0.2) is 67.8 Å². The van der Waals surface area contributed by atoms with Gasteiger partial charge in [0.2, 0.25) is 11.8 Å². The van der Waals surface area contributed by atoms with Crippen molar-refractivity contribution in [2.75, 3.05) is 6.54 Å². The van der Waals surface area contributed by atoms with Crippen LogP contribution in [0.15, 0.2) is 22.9 Å². The fourth-order valence-corrected chi connectivity index (χ4v) is 5.91. The molecule has 3 aromatic heterocycles. The van der Waals surface area contributed by atoms with Crippen LogP contribution in [0, 0.1) is 13.8 Å². The van der Waals surface area contributed by atoms with Gasteiger partial charge in [-0.3, -0.25) is 19.2 Å². The maximum atomic E-state index is 13.4. The molecular weight excluding hydrogens is 522 g/mol. The van der Waals surface area contributed by atoms with E-state index in [1.807, 2.05) is 17.5 Å². The minimum Gasteiger partial charge on any atom is -0.368 e. The van der Waals surface area contributed by atoms with Crippen molar-refractivity contribution in [3.8, 4) is 0 Å². The van der Waals surface area contributed by atoms with E-state index in [1.54, 1.807) is 19.2 Å². The second kappa shape index (κ2) is 11.2. The van der Waals surface area contributed by atoms with E-state index in [9.17, 15) is 19.2 Å². The first-order chi connectivity index (χ1) is 17.2. The molecular formula is C22H25N7O4S3. The number of primary amides is 1. The molecule has 3 unspecified atom stereocenters. The molecule has 4 amide bonds. The second-order valence-electron chi connectivity index (χ2n) is 8.40. The van der Waals surface area contributed by atoms with E-state index in [4.69, 9.17) is 5.73 Å². The lowest BCUT2D eigenvalue weighted by Crippen LogP contribution is -2.59. The molecule has 0 radical (unpaired) electrons. The number of nitrogens with zero attached hydrogens (tertiary/aromatic N) is 4. The number of aromatic nitrogens is 3. The van der Waals surface area contributed by atoms with Crippen LogP contribution < -0.4 is 16.4 Å². The fourth-order valence-electron chi connectivity index (χ4n) is 4.01. The molecule has 0 saturated carbocycles. The van der Waals surface area contributed by atoms with Gasteiger partial charge in [0, 0.05) is 29.3 Å². The van der Waals surface area contributed by atoms with E-state index in [0.717, 1.165) is 21.4 Å². The summed E-state index contributed by atoms with van der Waals surface area (Å²) in [6.07, 6.45) is 0.870. The number of nitrogens with two attached hydrogens (primary N) is 1. The number of hydrogen-bond donors (Lipinski definition) is 3. The number of carbonyl (C=O) groups excluding carboxylic acids is 4. The van der Waals surface area contributed by atoms with Crippen LogP contribution >= 0.6 is 34.2 Å². The summed E-state index contributed by atoms with van der Waals surface area (Å²) < 4.78 is 3.79. The zero-order valence-electron chi connectivity index (χ0n) is 19.6. The monoisotopic (exact) mass is 547 g/mol. The van der Waals surface area contributed by atoms with Gasteiger partial charge in [-0.15, -0.1) is 27.8 Å². The smallest absolute Gasteiger partial charge is 0.274 e. The Bertz CT molecular complexity index is 1260. The minimum absolute atomic E-state index is 0.169. The molecule has 4 heterocycles. The Morgan fingerprint density at radius 2 is 2.06 bits per heavy atom. The third kappa shape index (κ3) is 5.94. The summed E-state index contributed by atoms with van der Waals surface area (Å²) in [5.41, 5.74) is 6.36. The van der Waals surface area contributed by atoms with Crippen molar-refractivity contribution in [2.45, 2.75) is 51.2 Å². The largest absolute Gasteiger partial charge is 0.368 e. The molecule has 4 N–H and O–H groups in total.